The average molecular weight is 275 g/mol. The number of carbonyl (C=O) groups is 1. The highest BCUT2D eigenvalue weighted by molar-refractivity contribution is 5.84. The molecule has 2 aliphatic carbocycles. The van der Waals surface area contributed by atoms with Gasteiger partial charge in [-0.2, -0.15) is 0 Å². The third-order valence-electron chi connectivity index (χ3n) is 4.50. The number of aliphatic hydroxyl groups is 1. The Morgan fingerprint density at radius 3 is 3.10 bits per heavy atom. The van der Waals surface area contributed by atoms with Gasteiger partial charge in [0, 0.05) is 19.6 Å². The van der Waals surface area contributed by atoms with Crippen molar-refractivity contribution < 1.29 is 14.6 Å². The second kappa shape index (κ2) is 5.54. The number of benzene rings is 1. The molecule has 0 aliphatic heterocycles. The molecule has 2 N–H and O–H groups in total. The maximum atomic E-state index is 12.2. The van der Waals surface area contributed by atoms with Crippen molar-refractivity contribution in [1.82, 2.24) is 5.32 Å². The maximum absolute atomic E-state index is 12.2. The Bertz CT molecular complexity index is 502. The van der Waals surface area contributed by atoms with Crippen molar-refractivity contribution in [2.24, 2.45) is 11.8 Å². The van der Waals surface area contributed by atoms with Crippen LogP contribution in [0.2, 0.25) is 0 Å². The number of rotatable bonds is 5. The van der Waals surface area contributed by atoms with Gasteiger partial charge in [-0.15, -0.1) is 0 Å². The number of hydrogen-bond acceptors (Lipinski definition) is 3. The Morgan fingerprint density at radius 1 is 1.50 bits per heavy atom. The van der Waals surface area contributed by atoms with Gasteiger partial charge in [0.25, 0.3) is 0 Å². The van der Waals surface area contributed by atoms with Crippen LogP contribution >= 0.6 is 0 Å². The monoisotopic (exact) mass is 275 g/mol. The second-order valence-electron chi connectivity index (χ2n) is 5.81. The SMILES string of the molecule is COCC(O)CNC(=O)C1C2CCc3ccccc3C21. The summed E-state index contributed by atoms with van der Waals surface area (Å²) in [5.41, 5.74) is 2.74. The molecular weight excluding hydrogens is 254 g/mol. The molecule has 0 spiro atoms. The van der Waals surface area contributed by atoms with Crippen molar-refractivity contribution in [3.05, 3.63) is 35.4 Å². The molecule has 1 amide bonds. The van der Waals surface area contributed by atoms with E-state index in [0.29, 0.717) is 11.8 Å². The van der Waals surface area contributed by atoms with E-state index >= 15 is 0 Å². The number of aryl methyl sites for hydroxylation is 1. The van der Waals surface area contributed by atoms with E-state index in [0.717, 1.165) is 12.8 Å². The minimum atomic E-state index is -0.628. The molecule has 0 aromatic heterocycles. The number of hydrogen-bond donors (Lipinski definition) is 2. The normalized spacial score (nSPS) is 28.2. The summed E-state index contributed by atoms with van der Waals surface area (Å²) in [6.45, 7) is 0.519. The average Bonchev–Trinajstić information content (AvgIpc) is 3.20. The number of aliphatic hydroxyl groups excluding tert-OH is 1. The van der Waals surface area contributed by atoms with Crippen molar-refractivity contribution in [1.29, 1.82) is 0 Å². The summed E-state index contributed by atoms with van der Waals surface area (Å²) in [5, 5.41) is 12.4. The lowest BCUT2D eigenvalue weighted by molar-refractivity contribution is -0.123. The van der Waals surface area contributed by atoms with Crippen molar-refractivity contribution in [3.8, 4) is 0 Å². The van der Waals surface area contributed by atoms with Crippen molar-refractivity contribution >= 4 is 5.91 Å². The lowest BCUT2D eigenvalue weighted by atomic mass is 9.92. The summed E-state index contributed by atoms with van der Waals surface area (Å²) in [6.07, 6.45) is 1.55. The van der Waals surface area contributed by atoms with E-state index in [1.807, 2.05) is 0 Å². The number of ether oxygens (including phenoxy) is 1. The summed E-state index contributed by atoms with van der Waals surface area (Å²) in [5.74, 6) is 1.05. The van der Waals surface area contributed by atoms with Gasteiger partial charge in [-0.1, -0.05) is 24.3 Å². The molecule has 4 nitrogen and oxygen atoms in total. The van der Waals surface area contributed by atoms with Crippen LogP contribution in [-0.2, 0) is 16.0 Å². The first-order valence-corrected chi connectivity index (χ1v) is 7.25. The van der Waals surface area contributed by atoms with Gasteiger partial charge < -0.3 is 15.2 Å². The smallest absolute Gasteiger partial charge is 0.224 e. The maximum Gasteiger partial charge on any atom is 0.224 e. The van der Waals surface area contributed by atoms with Gasteiger partial charge in [-0.05, 0) is 35.8 Å². The number of methoxy groups -OCH3 is 1. The minimum absolute atomic E-state index is 0.0758. The van der Waals surface area contributed by atoms with Crippen LogP contribution < -0.4 is 5.32 Å². The van der Waals surface area contributed by atoms with Crippen LogP contribution in [0.3, 0.4) is 0 Å². The van der Waals surface area contributed by atoms with E-state index < -0.39 is 6.10 Å². The zero-order valence-electron chi connectivity index (χ0n) is 11.7. The fourth-order valence-electron chi connectivity index (χ4n) is 3.51. The van der Waals surface area contributed by atoms with Crippen LogP contribution in [0.15, 0.2) is 24.3 Å². The van der Waals surface area contributed by atoms with Crippen LogP contribution in [0, 0.1) is 11.8 Å². The summed E-state index contributed by atoms with van der Waals surface area (Å²) in [6, 6.07) is 8.44. The highest BCUT2D eigenvalue weighted by Gasteiger charge is 2.56. The third-order valence-corrected chi connectivity index (χ3v) is 4.50. The van der Waals surface area contributed by atoms with Crippen LogP contribution in [0.1, 0.15) is 23.5 Å². The number of nitrogens with one attached hydrogen (secondary N) is 1. The number of carbonyl (C=O) groups excluding carboxylic acids is 1. The van der Waals surface area contributed by atoms with Gasteiger partial charge in [0.15, 0.2) is 0 Å². The molecule has 4 atom stereocenters. The molecule has 20 heavy (non-hydrogen) atoms. The molecule has 1 saturated carbocycles. The molecule has 4 unspecified atom stereocenters. The summed E-state index contributed by atoms with van der Waals surface area (Å²) in [7, 11) is 1.54. The molecule has 1 aromatic rings. The number of amides is 1. The molecule has 0 radical (unpaired) electrons. The Morgan fingerprint density at radius 2 is 2.30 bits per heavy atom. The molecule has 0 saturated heterocycles. The summed E-state index contributed by atoms with van der Waals surface area (Å²) < 4.78 is 4.85. The van der Waals surface area contributed by atoms with E-state index in [1.54, 1.807) is 0 Å². The standard InChI is InChI=1S/C16H21NO3/c1-20-9-11(18)8-17-16(19)15-13-7-6-10-4-2-3-5-12(10)14(13)15/h2-5,11,13-15,18H,6-9H2,1H3,(H,17,19). The Balaban J connectivity index is 1.60. The topological polar surface area (TPSA) is 58.6 Å². The fourth-order valence-corrected chi connectivity index (χ4v) is 3.51. The van der Waals surface area contributed by atoms with E-state index in [1.165, 1.54) is 18.2 Å². The first kappa shape index (κ1) is 13.6. The quantitative estimate of drug-likeness (QED) is 0.845. The Kier molecular flexibility index (Phi) is 3.76. The van der Waals surface area contributed by atoms with Gasteiger partial charge in [-0.25, -0.2) is 0 Å². The molecule has 0 heterocycles. The highest BCUT2D eigenvalue weighted by atomic mass is 16.5. The van der Waals surface area contributed by atoms with E-state index in [9.17, 15) is 9.90 Å². The predicted octanol–water partition coefficient (Wildman–Crippen LogP) is 1.09. The van der Waals surface area contributed by atoms with Crippen LogP contribution in [0.5, 0.6) is 0 Å². The lowest BCUT2D eigenvalue weighted by Gasteiger charge is -2.13. The molecule has 1 aromatic carbocycles. The van der Waals surface area contributed by atoms with Crippen molar-refractivity contribution in [2.75, 3.05) is 20.3 Å². The van der Waals surface area contributed by atoms with Gasteiger partial charge in [0.05, 0.1) is 12.7 Å². The second-order valence-corrected chi connectivity index (χ2v) is 5.81. The molecular formula is C16H21NO3. The highest BCUT2D eigenvalue weighted by Crippen LogP contribution is 2.59. The third kappa shape index (κ3) is 2.45. The zero-order valence-corrected chi connectivity index (χ0v) is 11.7. The summed E-state index contributed by atoms with van der Waals surface area (Å²) in [4.78, 5) is 12.2. The Labute approximate surface area is 119 Å². The molecule has 108 valence electrons. The molecule has 4 heteroatoms. The molecule has 0 bridgehead atoms. The molecule has 2 aliphatic rings. The van der Waals surface area contributed by atoms with Crippen LogP contribution in [-0.4, -0.2) is 37.4 Å². The first-order valence-electron chi connectivity index (χ1n) is 7.25. The predicted molar refractivity (Wildman–Crippen MR) is 75.4 cm³/mol. The van der Waals surface area contributed by atoms with E-state index in [2.05, 4.69) is 29.6 Å². The van der Waals surface area contributed by atoms with Gasteiger partial charge in [0.2, 0.25) is 5.91 Å². The van der Waals surface area contributed by atoms with Crippen LogP contribution in [0.25, 0.3) is 0 Å². The first-order chi connectivity index (χ1) is 9.72. The number of fused-ring (bicyclic) bond motifs is 3. The fraction of sp³-hybridized carbons (Fsp3) is 0.562. The largest absolute Gasteiger partial charge is 0.389 e. The van der Waals surface area contributed by atoms with Gasteiger partial charge in [0.1, 0.15) is 0 Å². The van der Waals surface area contributed by atoms with Crippen molar-refractivity contribution in [3.63, 3.8) is 0 Å². The van der Waals surface area contributed by atoms with Crippen LogP contribution in [0.4, 0.5) is 0 Å². The van der Waals surface area contributed by atoms with Gasteiger partial charge >= 0.3 is 0 Å². The zero-order chi connectivity index (χ0) is 14.1. The lowest BCUT2D eigenvalue weighted by Crippen LogP contribution is -2.35. The minimum Gasteiger partial charge on any atom is -0.389 e. The van der Waals surface area contributed by atoms with E-state index in [4.69, 9.17) is 4.74 Å². The van der Waals surface area contributed by atoms with E-state index in [-0.39, 0.29) is 25.0 Å². The van der Waals surface area contributed by atoms with Gasteiger partial charge in [-0.3, -0.25) is 4.79 Å². The summed E-state index contributed by atoms with van der Waals surface area (Å²) >= 11 is 0. The Hall–Kier alpha value is -1.39. The molecule has 3 rings (SSSR count). The van der Waals surface area contributed by atoms with Crippen molar-refractivity contribution in [2.45, 2.75) is 24.9 Å². The molecule has 1 fully saturated rings.